The molecule has 1 atom stereocenters. The second kappa shape index (κ2) is 5.71. The van der Waals surface area contributed by atoms with Gasteiger partial charge < -0.3 is 9.84 Å². The smallest absolute Gasteiger partial charge is 0.311 e. The monoisotopic (exact) mass is 273 g/mol. The molecular weight excluding hydrogens is 258 g/mol. The van der Waals surface area contributed by atoms with Crippen LogP contribution in [-0.4, -0.2) is 10.0 Å². The minimum Gasteiger partial charge on any atom is -0.450 e. The van der Waals surface area contributed by atoms with Crippen LogP contribution in [0.1, 0.15) is 24.2 Å². The highest BCUT2D eigenvalue weighted by Crippen LogP contribution is 2.34. The summed E-state index contributed by atoms with van der Waals surface area (Å²) in [6.45, 7) is 3.43. The largest absolute Gasteiger partial charge is 0.450 e. The van der Waals surface area contributed by atoms with Gasteiger partial charge in [-0.2, -0.15) is 0 Å². The van der Waals surface area contributed by atoms with Gasteiger partial charge in [-0.25, -0.2) is 0 Å². The molecule has 0 saturated heterocycles. The number of ether oxygens (including phenoxy) is 1. The summed E-state index contributed by atoms with van der Waals surface area (Å²) < 4.78 is 5.61. The molecule has 2 aromatic carbocycles. The lowest BCUT2D eigenvalue weighted by Crippen LogP contribution is -1.96. The molecule has 20 heavy (non-hydrogen) atoms. The molecule has 2 rings (SSSR count). The lowest BCUT2D eigenvalue weighted by molar-refractivity contribution is -0.385. The summed E-state index contributed by atoms with van der Waals surface area (Å²) in [5, 5.41) is 20.4. The molecule has 2 aromatic rings. The number of aliphatic hydroxyl groups excluding tert-OH is 1. The van der Waals surface area contributed by atoms with Crippen LogP contribution in [0.5, 0.6) is 11.5 Å². The van der Waals surface area contributed by atoms with E-state index >= 15 is 0 Å². The van der Waals surface area contributed by atoms with Crippen molar-refractivity contribution in [1.82, 2.24) is 0 Å². The maximum atomic E-state index is 11.0. The number of hydrogen-bond acceptors (Lipinski definition) is 4. The maximum Gasteiger partial charge on any atom is 0.311 e. The number of nitro benzene ring substituents is 1. The lowest BCUT2D eigenvalue weighted by atomic mass is 10.1. The first kappa shape index (κ1) is 14.0. The molecule has 1 N–H and O–H groups in total. The summed E-state index contributed by atoms with van der Waals surface area (Å²) in [6.07, 6.45) is -0.558. The van der Waals surface area contributed by atoms with Crippen molar-refractivity contribution in [3.63, 3.8) is 0 Å². The molecule has 5 nitrogen and oxygen atoms in total. The maximum absolute atomic E-state index is 11.0. The third kappa shape index (κ3) is 2.95. The van der Waals surface area contributed by atoms with E-state index in [1.165, 1.54) is 6.07 Å². The van der Waals surface area contributed by atoms with Gasteiger partial charge in [-0.3, -0.25) is 10.1 Å². The molecule has 0 spiro atoms. The average molecular weight is 273 g/mol. The Kier molecular flexibility index (Phi) is 4.00. The van der Waals surface area contributed by atoms with Crippen molar-refractivity contribution in [2.24, 2.45) is 0 Å². The topological polar surface area (TPSA) is 72.6 Å². The minimum atomic E-state index is -0.558. The fourth-order valence-corrected chi connectivity index (χ4v) is 1.85. The molecule has 0 aromatic heterocycles. The third-order valence-electron chi connectivity index (χ3n) is 2.97. The number of rotatable bonds is 4. The predicted octanol–water partition coefficient (Wildman–Crippen LogP) is 3.75. The van der Waals surface area contributed by atoms with Gasteiger partial charge in [0.15, 0.2) is 0 Å². The Morgan fingerprint density at radius 3 is 2.40 bits per heavy atom. The highest BCUT2D eigenvalue weighted by atomic mass is 16.6. The molecule has 0 amide bonds. The van der Waals surface area contributed by atoms with E-state index in [-0.39, 0.29) is 11.4 Å². The van der Waals surface area contributed by atoms with Crippen LogP contribution in [0.15, 0.2) is 42.5 Å². The van der Waals surface area contributed by atoms with Gasteiger partial charge in [-0.1, -0.05) is 24.3 Å². The van der Waals surface area contributed by atoms with Crippen molar-refractivity contribution in [3.8, 4) is 11.5 Å². The summed E-state index contributed by atoms with van der Waals surface area (Å²) >= 11 is 0. The highest BCUT2D eigenvalue weighted by Gasteiger charge is 2.17. The van der Waals surface area contributed by atoms with Crippen molar-refractivity contribution in [2.45, 2.75) is 20.0 Å². The zero-order valence-corrected chi connectivity index (χ0v) is 11.2. The second-order valence-corrected chi connectivity index (χ2v) is 4.53. The summed E-state index contributed by atoms with van der Waals surface area (Å²) in [6, 6.07) is 11.6. The molecule has 0 aliphatic carbocycles. The number of aryl methyl sites for hydroxylation is 1. The normalized spacial score (nSPS) is 11.9. The summed E-state index contributed by atoms with van der Waals surface area (Å²) in [5.74, 6) is 0.731. The molecule has 0 fully saturated rings. The van der Waals surface area contributed by atoms with Crippen LogP contribution in [0.25, 0.3) is 0 Å². The molecule has 0 bridgehead atoms. The Labute approximate surface area is 116 Å². The standard InChI is InChI=1S/C15H15NO4/c1-10-4-3-5-14(16(18)19)15(10)20-13-8-6-12(7-9-13)11(2)17/h3-9,11,17H,1-2H3/t11-/m0/s1. The fourth-order valence-electron chi connectivity index (χ4n) is 1.85. The first-order valence-corrected chi connectivity index (χ1v) is 6.19. The molecule has 0 aliphatic heterocycles. The first-order valence-electron chi connectivity index (χ1n) is 6.19. The van der Waals surface area contributed by atoms with Crippen molar-refractivity contribution in [2.75, 3.05) is 0 Å². The number of aliphatic hydroxyl groups is 1. The van der Waals surface area contributed by atoms with Crippen molar-refractivity contribution in [3.05, 3.63) is 63.7 Å². The first-order chi connectivity index (χ1) is 9.49. The van der Waals surface area contributed by atoms with E-state index < -0.39 is 11.0 Å². The van der Waals surface area contributed by atoms with Crippen LogP contribution in [0.3, 0.4) is 0 Å². The van der Waals surface area contributed by atoms with Crippen LogP contribution in [0, 0.1) is 17.0 Å². The van der Waals surface area contributed by atoms with Crippen LogP contribution >= 0.6 is 0 Å². The van der Waals surface area contributed by atoms with Crippen molar-refractivity contribution < 1.29 is 14.8 Å². The van der Waals surface area contributed by atoms with E-state index in [9.17, 15) is 15.2 Å². The zero-order chi connectivity index (χ0) is 14.7. The highest BCUT2D eigenvalue weighted by molar-refractivity contribution is 5.53. The molecular formula is C15H15NO4. The van der Waals surface area contributed by atoms with Gasteiger partial charge in [0.2, 0.25) is 5.75 Å². The predicted molar refractivity (Wildman–Crippen MR) is 75.0 cm³/mol. The van der Waals surface area contributed by atoms with Crippen molar-refractivity contribution >= 4 is 5.69 Å². The SMILES string of the molecule is Cc1cccc([N+](=O)[O-])c1Oc1ccc([C@H](C)O)cc1. The van der Waals surface area contributed by atoms with Crippen LogP contribution in [-0.2, 0) is 0 Å². The van der Waals surface area contributed by atoms with Gasteiger partial charge in [0.1, 0.15) is 5.75 Å². The summed E-state index contributed by atoms with van der Waals surface area (Å²) in [4.78, 5) is 10.5. The molecule has 104 valence electrons. The Balaban J connectivity index is 2.32. The Bertz CT molecular complexity index is 620. The molecule has 5 heteroatoms. The summed E-state index contributed by atoms with van der Waals surface area (Å²) in [5.41, 5.74) is 1.39. The number of benzene rings is 2. The second-order valence-electron chi connectivity index (χ2n) is 4.53. The van der Waals surface area contributed by atoms with Gasteiger partial charge in [0.25, 0.3) is 0 Å². The van der Waals surface area contributed by atoms with Crippen molar-refractivity contribution in [1.29, 1.82) is 0 Å². The van der Waals surface area contributed by atoms with Gasteiger partial charge >= 0.3 is 5.69 Å². The lowest BCUT2D eigenvalue weighted by Gasteiger charge is -2.10. The quantitative estimate of drug-likeness (QED) is 0.680. The average Bonchev–Trinajstić information content (AvgIpc) is 2.41. The zero-order valence-electron chi connectivity index (χ0n) is 11.2. The number of para-hydroxylation sites is 1. The Hall–Kier alpha value is -2.40. The van der Waals surface area contributed by atoms with Crippen LogP contribution in [0.4, 0.5) is 5.69 Å². The molecule has 0 heterocycles. The molecule has 0 saturated carbocycles. The van der Waals surface area contributed by atoms with E-state index in [0.717, 1.165) is 5.56 Å². The third-order valence-corrected chi connectivity index (χ3v) is 2.97. The van der Waals surface area contributed by atoms with Gasteiger partial charge in [0, 0.05) is 6.07 Å². The number of hydrogen-bond donors (Lipinski definition) is 1. The van der Waals surface area contributed by atoms with E-state index in [2.05, 4.69) is 0 Å². The molecule has 0 radical (unpaired) electrons. The van der Waals surface area contributed by atoms with E-state index in [1.807, 2.05) is 0 Å². The minimum absolute atomic E-state index is 0.0652. The van der Waals surface area contributed by atoms with Gasteiger partial charge in [-0.15, -0.1) is 0 Å². The van der Waals surface area contributed by atoms with E-state index in [1.54, 1.807) is 50.2 Å². The number of nitrogens with zero attached hydrogens (tertiary/aromatic N) is 1. The van der Waals surface area contributed by atoms with Crippen LogP contribution in [0.2, 0.25) is 0 Å². The van der Waals surface area contributed by atoms with E-state index in [4.69, 9.17) is 4.74 Å². The molecule has 0 aliphatic rings. The Morgan fingerprint density at radius 1 is 1.20 bits per heavy atom. The fraction of sp³-hybridized carbons (Fsp3) is 0.200. The van der Waals surface area contributed by atoms with E-state index in [0.29, 0.717) is 11.3 Å². The Morgan fingerprint density at radius 2 is 1.85 bits per heavy atom. The molecule has 0 unspecified atom stereocenters. The summed E-state index contributed by atoms with van der Waals surface area (Å²) in [7, 11) is 0. The van der Waals surface area contributed by atoms with Gasteiger partial charge in [0.05, 0.1) is 11.0 Å². The van der Waals surface area contributed by atoms with Gasteiger partial charge in [-0.05, 0) is 37.1 Å². The number of nitro groups is 1. The van der Waals surface area contributed by atoms with Crippen LogP contribution < -0.4 is 4.74 Å².